The van der Waals surface area contributed by atoms with Crippen molar-refractivity contribution in [2.45, 2.75) is 30.2 Å². The molecule has 9 heteroatoms. The fourth-order valence-electron chi connectivity index (χ4n) is 2.69. The molecule has 3 amide bonds. The smallest absolute Gasteiger partial charge is 0.344 e. The summed E-state index contributed by atoms with van der Waals surface area (Å²) in [6, 6.07) is -0.757. The number of nitrogens with two attached hydrogens (primary N) is 2. The van der Waals surface area contributed by atoms with E-state index in [2.05, 4.69) is 21.9 Å². The highest BCUT2D eigenvalue weighted by atomic mass is 32.2. The molecule has 0 aromatic heterocycles. The summed E-state index contributed by atoms with van der Waals surface area (Å²) in [7, 11) is 0. The fraction of sp³-hybridized carbons (Fsp3) is 0.750. The molecular formula is C12H22N6O2S. The number of nitrogens with zero attached hydrogens (tertiary/aromatic N) is 2. The van der Waals surface area contributed by atoms with E-state index < -0.39 is 6.03 Å². The van der Waals surface area contributed by atoms with Crippen LogP contribution in [0.15, 0.2) is 4.99 Å². The van der Waals surface area contributed by atoms with Crippen molar-refractivity contribution in [1.82, 2.24) is 15.5 Å². The number of carbonyl (C=O) groups is 2. The molecule has 118 valence electrons. The highest BCUT2D eigenvalue weighted by Gasteiger charge is 2.35. The summed E-state index contributed by atoms with van der Waals surface area (Å²) in [6.45, 7) is 2.02. The second-order valence-electron chi connectivity index (χ2n) is 5.31. The molecule has 0 aromatic carbocycles. The maximum Gasteiger partial charge on any atom is 0.344 e. The van der Waals surface area contributed by atoms with Gasteiger partial charge in [0.1, 0.15) is 0 Å². The van der Waals surface area contributed by atoms with Gasteiger partial charge in [0, 0.05) is 30.9 Å². The van der Waals surface area contributed by atoms with Crippen LogP contribution in [0.3, 0.4) is 0 Å². The maximum atomic E-state index is 12.4. The maximum absolute atomic E-state index is 12.4. The minimum absolute atomic E-state index is 0.0951. The van der Waals surface area contributed by atoms with Crippen molar-refractivity contribution in [3.05, 3.63) is 0 Å². The molecule has 2 saturated heterocycles. The molecule has 2 aliphatic heterocycles. The summed E-state index contributed by atoms with van der Waals surface area (Å²) in [5, 5.41) is 6.46. The van der Waals surface area contributed by atoms with Crippen molar-refractivity contribution >= 4 is 29.7 Å². The van der Waals surface area contributed by atoms with Crippen molar-refractivity contribution in [2.75, 3.05) is 25.9 Å². The molecule has 6 N–H and O–H groups in total. The first-order valence-corrected chi connectivity index (χ1v) is 8.23. The predicted octanol–water partition coefficient (Wildman–Crippen LogP) is -1.34. The van der Waals surface area contributed by atoms with Gasteiger partial charge in [0.05, 0.1) is 6.04 Å². The van der Waals surface area contributed by atoms with Crippen LogP contribution in [0.1, 0.15) is 12.8 Å². The van der Waals surface area contributed by atoms with Gasteiger partial charge in [-0.05, 0) is 19.1 Å². The van der Waals surface area contributed by atoms with Gasteiger partial charge in [-0.15, -0.1) is 0 Å². The van der Waals surface area contributed by atoms with E-state index in [0.29, 0.717) is 18.3 Å². The molecule has 2 rings (SSSR count). The molecule has 3 unspecified atom stereocenters. The lowest BCUT2D eigenvalue weighted by atomic mass is 10.2. The van der Waals surface area contributed by atoms with E-state index in [1.165, 1.54) is 0 Å². The van der Waals surface area contributed by atoms with Gasteiger partial charge in [0.15, 0.2) is 5.96 Å². The Bertz CT molecular complexity index is 439. The summed E-state index contributed by atoms with van der Waals surface area (Å²) in [5.74, 6) is -0.151. The van der Waals surface area contributed by atoms with Crippen molar-refractivity contribution in [3.8, 4) is 0 Å². The molecule has 21 heavy (non-hydrogen) atoms. The minimum atomic E-state index is -0.560. The average Bonchev–Trinajstić information content (AvgIpc) is 3.05. The number of hydrogen-bond acceptors (Lipinski definition) is 4. The molecule has 0 aliphatic carbocycles. The molecule has 0 bridgehead atoms. The molecule has 0 radical (unpaired) electrons. The summed E-state index contributed by atoms with van der Waals surface area (Å²) < 4.78 is 0. The van der Waals surface area contributed by atoms with Gasteiger partial charge in [0.25, 0.3) is 0 Å². The number of nitrogens with one attached hydrogen (secondary N) is 2. The number of thioether (sulfide) groups is 1. The Balaban J connectivity index is 1.81. The van der Waals surface area contributed by atoms with Crippen LogP contribution in [0.4, 0.5) is 4.79 Å². The topological polar surface area (TPSA) is 126 Å². The molecule has 8 nitrogen and oxygen atoms in total. The van der Waals surface area contributed by atoms with Gasteiger partial charge in [-0.2, -0.15) is 16.8 Å². The average molecular weight is 314 g/mol. The number of aliphatic imine (C=N–C) groups is 1. The SMILES string of the molecule is CSC1CNC(C(=O)N2CCC(NC(=O)N=C(N)N)C2)C1. The van der Waals surface area contributed by atoms with E-state index in [1.54, 1.807) is 16.7 Å². The summed E-state index contributed by atoms with van der Waals surface area (Å²) in [4.78, 5) is 29.0. The molecule has 0 spiro atoms. The van der Waals surface area contributed by atoms with Crippen LogP contribution in [0.2, 0.25) is 0 Å². The highest BCUT2D eigenvalue weighted by Crippen LogP contribution is 2.21. The third-order valence-corrected chi connectivity index (χ3v) is 4.81. The largest absolute Gasteiger partial charge is 0.370 e. The van der Waals surface area contributed by atoms with Crippen molar-refractivity contribution in [3.63, 3.8) is 0 Å². The van der Waals surface area contributed by atoms with Crippen LogP contribution in [0.5, 0.6) is 0 Å². The van der Waals surface area contributed by atoms with Crippen molar-refractivity contribution in [2.24, 2.45) is 16.5 Å². The first-order valence-electron chi connectivity index (χ1n) is 6.94. The van der Waals surface area contributed by atoms with Crippen molar-refractivity contribution < 1.29 is 9.59 Å². The Morgan fingerprint density at radius 2 is 2.19 bits per heavy atom. The zero-order valence-electron chi connectivity index (χ0n) is 12.0. The van der Waals surface area contributed by atoms with E-state index >= 15 is 0 Å². The van der Waals surface area contributed by atoms with Crippen LogP contribution < -0.4 is 22.1 Å². The minimum Gasteiger partial charge on any atom is -0.370 e. The number of urea groups is 1. The lowest BCUT2D eigenvalue weighted by molar-refractivity contribution is -0.132. The monoisotopic (exact) mass is 314 g/mol. The Morgan fingerprint density at radius 1 is 1.43 bits per heavy atom. The van der Waals surface area contributed by atoms with Gasteiger partial charge in [-0.1, -0.05) is 0 Å². The molecular weight excluding hydrogens is 292 g/mol. The van der Waals surface area contributed by atoms with E-state index in [4.69, 9.17) is 11.5 Å². The number of amides is 3. The lowest BCUT2D eigenvalue weighted by Gasteiger charge is -2.20. The van der Waals surface area contributed by atoms with E-state index in [0.717, 1.165) is 19.4 Å². The Morgan fingerprint density at radius 3 is 2.81 bits per heavy atom. The van der Waals surface area contributed by atoms with Crippen LogP contribution in [0, 0.1) is 0 Å². The zero-order valence-corrected chi connectivity index (χ0v) is 12.9. The summed E-state index contributed by atoms with van der Waals surface area (Å²) in [5.41, 5.74) is 10.3. The van der Waals surface area contributed by atoms with E-state index in [9.17, 15) is 9.59 Å². The Labute approximate surface area is 128 Å². The normalized spacial score (nSPS) is 28.4. The lowest BCUT2D eigenvalue weighted by Crippen LogP contribution is -2.44. The predicted molar refractivity (Wildman–Crippen MR) is 83.0 cm³/mol. The molecule has 2 fully saturated rings. The molecule has 2 aliphatic rings. The molecule has 2 heterocycles. The summed E-state index contributed by atoms with van der Waals surface area (Å²) in [6.07, 6.45) is 3.64. The van der Waals surface area contributed by atoms with Crippen LogP contribution in [0.25, 0.3) is 0 Å². The van der Waals surface area contributed by atoms with E-state index in [1.807, 2.05) is 0 Å². The van der Waals surface area contributed by atoms with Crippen LogP contribution >= 0.6 is 11.8 Å². The van der Waals surface area contributed by atoms with E-state index in [-0.39, 0.29) is 24.0 Å². The number of hydrogen-bond donors (Lipinski definition) is 4. The fourth-order valence-corrected chi connectivity index (χ4v) is 3.34. The van der Waals surface area contributed by atoms with Gasteiger partial charge < -0.3 is 27.0 Å². The summed E-state index contributed by atoms with van der Waals surface area (Å²) >= 11 is 1.78. The Hall–Kier alpha value is -1.48. The number of likely N-dealkylation sites (tertiary alicyclic amines) is 1. The molecule has 0 aromatic rings. The third kappa shape index (κ3) is 4.24. The standard InChI is InChI=1S/C12H22N6O2S/c1-21-8-4-9(15-5-8)10(19)18-3-2-7(6-18)16-12(20)17-11(13)14/h7-9,15H,2-6H2,1H3,(H5,13,14,16,17,20). The number of guanidine groups is 1. The van der Waals surface area contributed by atoms with Crippen molar-refractivity contribution in [1.29, 1.82) is 0 Å². The Kier molecular flexibility index (Phi) is 5.29. The van der Waals surface area contributed by atoms with Crippen LogP contribution in [-0.2, 0) is 4.79 Å². The third-order valence-electron chi connectivity index (χ3n) is 3.78. The van der Waals surface area contributed by atoms with Crippen LogP contribution in [-0.4, -0.2) is 66.0 Å². The number of rotatable bonds is 3. The number of carbonyl (C=O) groups excluding carboxylic acids is 2. The zero-order chi connectivity index (χ0) is 15.4. The van der Waals surface area contributed by atoms with Gasteiger partial charge in [0.2, 0.25) is 5.91 Å². The quantitative estimate of drug-likeness (QED) is 0.377. The first-order chi connectivity index (χ1) is 9.99. The van der Waals surface area contributed by atoms with Gasteiger partial charge in [-0.25, -0.2) is 4.79 Å². The molecule has 0 saturated carbocycles. The molecule has 3 atom stereocenters. The van der Waals surface area contributed by atoms with Gasteiger partial charge >= 0.3 is 6.03 Å². The highest BCUT2D eigenvalue weighted by molar-refractivity contribution is 7.99. The second-order valence-corrected chi connectivity index (χ2v) is 6.45. The van der Waals surface area contributed by atoms with Gasteiger partial charge in [-0.3, -0.25) is 4.79 Å². The second kappa shape index (κ2) is 6.99. The first kappa shape index (κ1) is 15.9.